The first-order chi connectivity index (χ1) is 13.3. The Morgan fingerprint density at radius 3 is 2.54 bits per heavy atom. The van der Waals surface area contributed by atoms with Crippen molar-refractivity contribution < 1.29 is 8.78 Å². The molecule has 3 heteroatoms. The van der Waals surface area contributed by atoms with Gasteiger partial charge in [-0.2, -0.15) is 0 Å². The SMILES string of the molecule is CCCC(CNCc1ccc(C)c(/C=C(\C)F)c1)C(C)c1ccc(C)cc1F. The second-order valence-electron chi connectivity index (χ2n) is 7.92. The number of hydrogen-bond acceptors (Lipinski definition) is 1. The summed E-state index contributed by atoms with van der Waals surface area (Å²) in [6.45, 7) is 11.2. The standard InChI is InChI=1S/C25H33F2N/c1-6-7-22(20(5)24-11-8-17(2)12-25(24)27)16-28-15-21-10-9-18(3)23(14-21)13-19(4)26/h8-14,20,22,28H,6-7,15-16H2,1-5H3/b19-13+. The lowest BCUT2D eigenvalue weighted by Crippen LogP contribution is -2.26. The molecule has 0 aliphatic carbocycles. The highest BCUT2D eigenvalue weighted by atomic mass is 19.1. The summed E-state index contributed by atoms with van der Waals surface area (Å²) >= 11 is 0. The lowest BCUT2D eigenvalue weighted by atomic mass is 9.84. The Kier molecular flexibility index (Phi) is 8.37. The van der Waals surface area contributed by atoms with E-state index in [0.717, 1.165) is 53.7 Å². The molecule has 2 aromatic rings. The average molecular weight is 386 g/mol. The first-order valence-corrected chi connectivity index (χ1v) is 10.2. The van der Waals surface area contributed by atoms with Gasteiger partial charge in [-0.25, -0.2) is 8.78 Å². The van der Waals surface area contributed by atoms with Crippen LogP contribution in [-0.2, 0) is 6.54 Å². The second kappa shape index (κ2) is 10.5. The number of rotatable bonds is 9. The second-order valence-corrected chi connectivity index (χ2v) is 7.92. The van der Waals surface area contributed by atoms with Gasteiger partial charge in [0, 0.05) is 6.54 Å². The van der Waals surface area contributed by atoms with E-state index >= 15 is 0 Å². The molecule has 0 aromatic heterocycles. The molecule has 0 bridgehead atoms. The Balaban J connectivity index is 2.04. The van der Waals surface area contributed by atoms with Crippen molar-refractivity contribution >= 4 is 6.08 Å². The van der Waals surface area contributed by atoms with Crippen LogP contribution >= 0.6 is 0 Å². The molecular formula is C25H33F2N. The van der Waals surface area contributed by atoms with Crippen LogP contribution in [0, 0.1) is 25.6 Å². The maximum absolute atomic E-state index is 14.4. The van der Waals surface area contributed by atoms with Crippen molar-refractivity contribution in [3.8, 4) is 0 Å². The van der Waals surface area contributed by atoms with Gasteiger partial charge in [-0.3, -0.25) is 0 Å². The smallest absolute Gasteiger partial charge is 0.126 e. The monoisotopic (exact) mass is 385 g/mol. The van der Waals surface area contributed by atoms with E-state index in [1.165, 1.54) is 6.92 Å². The predicted molar refractivity (Wildman–Crippen MR) is 116 cm³/mol. The summed E-state index contributed by atoms with van der Waals surface area (Å²) in [6.07, 6.45) is 3.69. The Hall–Kier alpha value is -2.00. The summed E-state index contributed by atoms with van der Waals surface area (Å²) in [6, 6.07) is 11.7. The van der Waals surface area contributed by atoms with Crippen molar-refractivity contribution in [1.82, 2.24) is 5.32 Å². The zero-order valence-corrected chi connectivity index (χ0v) is 17.8. The van der Waals surface area contributed by atoms with E-state index in [1.54, 1.807) is 12.1 Å². The summed E-state index contributed by atoms with van der Waals surface area (Å²) in [5.41, 5.74) is 4.86. The third kappa shape index (κ3) is 6.27. The lowest BCUT2D eigenvalue weighted by Gasteiger charge is -2.25. The molecule has 0 aliphatic rings. The molecule has 1 nitrogen and oxygen atoms in total. The number of allylic oxidation sites excluding steroid dienone is 1. The summed E-state index contributed by atoms with van der Waals surface area (Å²) < 4.78 is 27.7. The number of halogens is 2. The van der Waals surface area contributed by atoms with Gasteiger partial charge in [-0.05, 0) is 85.5 Å². The highest BCUT2D eigenvalue weighted by Crippen LogP contribution is 2.30. The Morgan fingerprint density at radius 2 is 1.89 bits per heavy atom. The molecule has 28 heavy (non-hydrogen) atoms. The highest BCUT2D eigenvalue weighted by Gasteiger charge is 2.21. The van der Waals surface area contributed by atoms with Crippen molar-refractivity contribution in [3.63, 3.8) is 0 Å². The van der Waals surface area contributed by atoms with E-state index in [4.69, 9.17) is 0 Å². The molecule has 1 N–H and O–H groups in total. The van der Waals surface area contributed by atoms with Crippen LogP contribution in [0.15, 0.2) is 42.2 Å². The topological polar surface area (TPSA) is 12.0 Å². The Bertz CT molecular complexity index is 806. The van der Waals surface area contributed by atoms with Crippen LogP contribution < -0.4 is 5.32 Å². The Morgan fingerprint density at radius 1 is 1.14 bits per heavy atom. The predicted octanol–water partition coefficient (Wildman–Crippen LogP) is 7.08. The van der Waals surface area contributed by atoms with Gasteiger partial charge in [0.1, 0.15) is 5.82 Å². The summed E-state index contributed by atoms with van der Waals surface area (Å²) in [5.74, 6) is 0.217. The van der Waals surface area contributed by atoms with Crippen LogP contribution in [0.1, 0.15) is 67.3 Å². The molecule has 0 amide bonds. The minimum Gasteiger partial charge on any atom is -0.312 e. The molecule has 0 saturated carbocycles. The molecule has 152 valence electrons. The lowest BCUT2D eigenvalue weighted by molar-refractivity contribution is 0.376. The molecule has 2 unspecified atom stereocenters. The fourth-order valence-electron chi connectivity index (χ4n) is 3.73. The van der Waals surface area contributed by atoms with E-state index in [9.17, 15) is 8.78 Å². The quantitative estimate of drug-likeness (QED) is 0.486. The van der Waals surface area contributed by atoms with Crippen LogP contribution in [0.25, 0.3) is 6.08 Å². The highest BCUT2D eigenvalue weighted by molar-refractivity contribution is 5.55. The van der Waals surface area contributed by atoms with Crippen LogP contribution in [-0.4, -0.2) is 6.54 Å². The van der Waals surface area contributed by atoms with Gasteiger partial charge < -0.3 is 5.32 Å². The maximum atomic E-state index is 14.4. The van der Waals surface area contributed by atoms with Crippen molar-refractivity contribution in [1.29, 1.82) is 0 Å². The molecule has 0 saturated heterocycles. The summed E-state index contributed by atoms with van der Waals surface area (Å²) in [5, 5.41) is 3.53. The van der Waals surface area contributed by atoms with Gasteiger partial charge in [-0.15, -0.1) is 0 Å². The average Bonchev–Trinajstić information content (AvgIpc) is 2.62. The van der Waals surface area contributed by atoms with Gasteiger partial charge >= 0.3 is 0 Å². The Labute approximate surface area is 168 Å². The van der Waals surface area contributed by atoms with Gasteiger partial charge in [0.25, 0.3) is 0 Å². The molecule has 0 heterocycles. The summed E-state index contributed by atoms with van der Waals surface area (Å²) in [4.78, 5) is 0. The fraction of sp³-hybridized carbons (Fsp3) is 0.440. The van der Waals surface area contributed by atoms with Gasteiger partial charge in [0.2, 0.25) is 0 Å². The first-order valence-electron chi connectivity index (χ1n) is 10.2. The summed E-state index contributed by atoms with van der Waals surface area (Å²) in [7, 11) is 0. The van der Waals surface area contributed by atoms with Crippen LogP contribution in [0.3, 0.4) is 0 Å². The third-order valence-corrected chi connectivity index (χ3v) is 5.45. The van der Waals surface area contributed by atoms with Crippen molar-refractivity contribution in [2.24, 2.45) is 5.92 Å². The normalized spacial score (nSPS) is 14.2. The third-order valence-electron chi connectivity index (χ3n) is 5.45. The van der Waals surface area contributed by atoms with Crippen LogP contribution in [0.4, 0.5) is 8.78 Å². The number of benzene rings is 2. The van der Waals surface area contributed by atoms with Crippen molar-refractivity contribution in [2.75, 3.05) is 6.54 Å². The zero-order chi connectivity index (χ0) is 20.7. The minimum absolute atomic E-state index is 0.106. The molecule has 2 aromatic carbocycles. The molecule has 2 atom stereocenters. The van der Waals surface area contributed by atoms with Gasteiger partial charge in [-0.1, -0.05) is 50.6 Å². The first kappa shape index (κ1) is 22.3. The van der Waals surface area contributed by atoms with Gasteiger partial charge in [0.05, 0.1) is 5.83 Å². The number of nitrogens with one attached hydrogen (secondary N) is 1. The minimum atomic E-state index is -0.190. The van der Waals surface area contributed by atoms with Crippen LogP contribution in [0.2, 0.25) is 0 Å². The van der Waals surface area contributed by atoms with E-state index in [1.807, 2.05) is 38.1 Å². The molecule has 0 radical (unpaired) electrons. The molecule has 0 aliphatic heterocycles. The van der Waals surface area contributed by atoms with E-state index in [-0.39, 0.29) is 17.6 Å². The van der Waals surface area contributed by atoms with E-state index in [2.05, 4.69) is 25.2 Å². The van der Waals surface area contributed by atoms with E-state index in [0.29, 0.717) is 5.92 Å². The van der Waals surface area contributed by atoms with Crippen molar-refractivity contribution in [2.45, 2.75) is 59.9 Å². The zero-order valence-electron chi connectivity index (χ0n) is 17.8. The fourth-order valence-corrected chi connectivity index (χ4v) is 3.73. The molecule has 0 spiro atoms. The molecular weight excluding hydrogens is 352 g/mol. The van der Waals surface area contributed by atoms with Gasteiger partial charge in [0.15, 0.2) is 0 Å². The number of aryl methyl sites for hydroxylation is 2. The maximum Gasteiger partial charge on any atom is 0.126 e. The van der Waals surface area contributed by atoms with Crippen LogP contribution in [0.5, 0.6) is 0 Å². The molecule has 2 rings (SSSR count). The largest absolute Gasteiger partial charge is 0.312 e. The van der Waals surface area contributed by atoms with Crippen molar-refractivity contribution in [3.05, 3.63) is 75.9 Å². The number of hydrogen-bond donors (Lipinski definition) is 1. The van der Waals surface area contributed by atoms with E-state index < -0.39 is 0 Å². The molecule has 0 fully saturated rings.